The lowest BCUT2D eigenvalue weighted by Crippen LogP contribution is -2.41. The summed E-state index contributed by atoms with van der Waals surface area (Å²) in [5, 5.41) is 16.9. The van der Waals surface area contributed by atoms with Crippen molar-refractivity contribution in [2.45, 2.75) is 24.9 Å². The Kier molecular flexibility index (Phi) is 2.11. The highest BCUT2D eigenvalue weighted by Crippen LogP contribution is 2.34. The number of carbonyl (C=O) groups is 1. The van der Waals surface area contributed by atoms with E-state index in [2.05, 4.69) is 0 Å². The molecule has 0 spiro atoms. The summed E-state index contributed by atoms with van der Waals surface area (Å²) in [6.45, 7) is -0.649. The van der Waals surface area contributed by atoms with Gasteiger partial charge < -0.3 is 9.84 Å². The van der Waals surface area contributed by atoms with E-state index in [4.69, 9.17) is 15.1 Å². The van der Waals surface area contributed by atoms with Crippen molar-refractivity contribution in [1.29, 1.82) is 5.26 Å². The third-order valence-electron chi connectivity index (χ3n) is 1.80. The van der Waals surface area contributed by atoms with Crippen molar-refractivity contribution in [2.24, 2.45) is 0 Å². The minimum atomic E-state index is -0.917. The number of carbonyl (C=O) groups excluding carboxylic acids is 1. The molecule has 4 nitrogen and oxygen atoms in total. The number of nitrogens with zero attached hydrogens (tertiary/aromatic N) is 1. The second-order valence-corrected chi connectivity index (χ2v) is 2.59. The van der Waals surface area contributed by atoms with Crippen LogP contribution in [0.25, 0.3) is 0 Å². The van der Waals surface area contributed by atoms with E-state index in [9.17, 15) is 4.79 Å². The first-order chi connectivity index (χ1) is 5.22. The first-order valence-corrected chi connectivity index (χ1v) is 3.46. The molecule has 1 fully saturated rings. The summed E-state index contributed by atoms with van der Waals surface area (Å²) in [5.74, 6) is -0.716. The van der Waals surface area contributed by atoms with Crippen LogP contribution in [0.1, 0.15) is 19.3 Å². The SMILES string of the molecule is N#CC1(OC(=O)CO)CCC1. The van der Waals surface area contributed by atoms with E-state index < -0.39 is 18.2 Å². The molecular weight excluding hydrogens is 146 g/mol. The minimum Gasteiger partial charge on any atom is -0.442 e. The van der Waals surface area contributed by atoms with Crippen LogP contribution < -0.4 is 0 Å². The Morgan fingerprint density at radius 1 is 1.73 bits per heavy atom. The van der Waals surface area contributed by atoms with Gasteiger partial charge in [-0.05, 0) is 6.42 Å². The zero-order chi connectivity index (χ0) is 8.32. The zero-order valence-electron chi connectivity index (χ0n) is 6.04. The topological polar surface area (TPSA) is 70.3 Å². The highest BCUT2D eigenvalue weighted by atomic mass is 16.6. The predicted molar refractivity (Wildman–Crippen MR) is 35.4 cm³/mol. The van der Waals surface area contributed by atoms with Gasteiger partial charge in [0.05, 0.1) is 0 Å². The summed E-state index contributed by atoms with van der Waals surface area (Å²) in [6, 6.07) is 1.93. The van der Waals surface area contributed by atoms with Crippen molar-refractivity contribution < 1.29 is 14.6 Å². The Morgan fingerprint density at radius 3 is 2.64 bits per heavy atom. The molecular formula is C7H9NO3. The molecule has 0 radical (unpaired) electrons. The van der Waals surface area contributed by atoms with Gasteiger partial charge in [-0.1, -0.05) is 0 Å². The highest BCUT2D eigenvalue weighted by Gasteiger charge is 2.40. The van der Waals surface area contributed by atoms with Crippen molar-refractivity contribution in [2.75, 3.05) is 6.61 Å². The number of hydrogen-bond acceptors (Lipinski definition) is 4. The quantitative estimate of drug-likeness (QED) is 0.568. The van der Waals surface area contributed by atoms with Gasteiger partial charge in [-0.2, -0.15) is 5.26 Å². The monoisotopic (exact) mass is 155 g/mol. The summed E-state index contributed by atoms with van der Waals surface area (Å²) < 4.78 is 4.72. The molecule has 4 heteroatoms. The lowest BCUT2D eigenvalue weighted by atomic mass is 9.81. The van der Waals surface area contributed by atoms with Crippen LogP contribution in [0.3, 0.4) is 0 Å². The molecule has 0 aromatic rings. The van der Waals surface area contributed by atoms with Gasteiger partial charge in [0.1, 0.15) is 12.7 Å². The van der Waals surface area contributed by atoms with E-state index in [0.29, 0.717) is 12.8 Å². The van der Waals surface area contributed by atoms with E-state index in [1.807, 2.05) is 6.07 Å². The van der Waals surface area contributed by atoms with Crippen molar-refractivity contribution in [3.8, 4) is 6.07 Å². The van der Waals surface area contributed by atoms with Gasteiger partial charge in [0, 0.05) is 12.8 Å². The van der Waals surface area contributed by atoms with Crippen molar-refractivity contribution in [3.63, 3.8) is 0 Å². The molecule has 0 atom stereocenters. The number of hydrogen-bond donors (Lipinski definition) is 1. The molecule has 1 aliphatic carbocycles. The fraction of sp³-hybridized carbons (Fsp3) is 0.714. The Bertz CT molecular complexity index is 202. The van der Waals surface area contributed by atoms with E-state index in [0.717, 1.165) is 6.42 Å². The summed E-state index contributed by atoms with van der Waals surface area (Å²) in [7, 11) is 0. The largest absolute Gasteiger partial charge is 0.442 e. The molecule has 60 valence electrons. The number of esters is 1. The molecule has 11 heavy (non-hydrogen) atoms. The van der Waals surface area contributed by atoms with E-state index >= 15 is 0 Å². The summed E-state index contributed by atoms with van der Waals surface area (Å²) in [4.78, 5) is 10.6. The molecule has 1 aliphatic rings. The normalized spacial score (nSPS) is 19.6. The molecule has 0 unspecified atom stereocenters. The van der Waals surface area contributed by atoms with Crippen molar-refractivity contribution >= 4 is 5.97 Å². The molecule has 0 heterocycles. The number of rotatable bonds is 2. The number of ether oxygens (including phenoxy) is 1. The van der Waals surface area contributed by atoms with E-state index in [1.165, 1.54) is 0 Å². The molecule has 0 amide bonds. The second-order valence-electron chi connectivity index (χ2n) is 2.59. The molecule has 0 saturated heterocycles. The highest BCUT2D eigenvalue weighted by molar-refractivity contribution is 5.71. The lowest BCUT2D eigenvalue weighted by Gasteiger charge is -2.33. The molecule has 0 bridgehead atoms. The van der Waals surface area contributed by atoms with Gasteiger partial charge >= 0.3 is 5.97 Å². The molecule has 1 saturated carbocycles. The van der Waals surface area contributed by atoms with Crippen LogP contribution in [0.4, 0.5) is 0 Å². The van der Waals surface area contributed by atoms with Gasteiger partial charge in [0.15, 0.2) is 5.60 Å². The van der Waals surface area contributed by atoms with Gasteiger partial charge in [-0.15, -0.1) is 0 Å². The Morgan fingerprint density at radius 2 is 2.36 bits per heavy atom. The summed E-state index contributed by atoms with van der Waals surface area (Å²) in [5.41, 5.74) is -0.917. The first kappa shape index (κ1) is 8.02. The van der Waals surface area contributed by atoms with Crippen LogP contribution >= 0.6 is 0 Å². The van der Waals surface area contributed by atoms with E-state index in [-0.39, 0.29) is 0 Å². The Hall–Kier alpha value is -1.08. The molecule has 1 N–H and O–H groups in total. The summed E-state index contributed by atoms with van der Waals surface area (Å²) >= 11 is 0. The third-order valence-corrected chi connectivity index (χ3v) is 1.80. The fourth-order valence-corrected chi connectivity index (χ4v) is 0.985. The number of aliphatic hydroxyl groups is 1. The van der Waals surface area contributed by atoms with Crippen molar-refractivity contribution in [1.82, 2.24) is 0 Å². The average molecular weight is 155 g/mol. The van der Waals surface area contributed by atoms with Gasteiger partial charge in [0.2, 0.25) is 0 Å². The molecule has 1 rings (SSSR count). The molecule has 0 aliphatic heterocycles. The predicted octanol–water partition coefficient (Wildman–Crippen LogP) is -0.0318. The van der Waals surface area contributed by atoms with Crippen LogP contribution in [-0.2, 0) is 9.53 Å². The maximum Gasteiger partial charge on any atom is 0.333 e. The zero-order valence-corrected chi connectivity index (χ0v) is 6.04. The second kappa shape index (κ2) is 2.89. The number of nitriles is 1. The minimum absolute atomic E-state index is 0.593. The van der Waals surface area contributed by atoms with Gasteiger partial charge in [-0.3, -0.25) is 0 Å². The van der Waals surface area contributed by atoms with Gasteiger partial charge in [-0.25, -0.2) is 4.79 Å². The van der Waals surface area contributed by atoms with Crippen LogP contribution in [0.5, 0.6) is 0 Å². The molecule has 0 aromatic carbocycles. The number of aliphatic hydroxyl groups excluding tert-OH is 1. The Labute approximate surface area is 64.4 Å². The van der Waals surface area contributed by atoms with Crippen LogP contribution in [-0.4, -0.2) is 23.3 Å². The maximum atomic E-state index is 10.6. The smallest absolute Gasteiger partial charge is 0.333 e. The molecule has 0 aromatic heterocycles. The van der Waals surface area contributed by atoms with Crippen LogP contribution in [0.2, 0.25) is 0 Å². The van der Waals surface area contributed by atoms with E-state index in [1.54, 1.807) is 0 Å². The van der Waals surface area contributed by atoms with Crippen LogP contribution in [0.15, 0.2) is 0 Å². The summed E-state index contributed by atoms with van der Waals surface area (Å²) in [6.07, 6.45) is 2.09. The Balaban J connectivity index is 2.46. The average Bonchev–Trinajstić information content (AvgIpc) is 1.96. The third kappa shape index (κ3) is 1.49. The first-order valence-electron chi connectivity index (χ1n) is 3.46. The maximum absolute atomic E-state index is 10.6. The lowest BCUT2D eigenvalue weighted by molar-refractivity contribution is -0.164. The van der Waals surface area contributed by atoms with Crippen LogP contribution in [0, 0.1) is 11.3 Å². The van der Waals surface area contributed by atoms with Crippen molar-refractivity contribution in [3.05, 3.63) is 0 Å². The van der Waals surface area contributed by atoms with Gasteiger partial charge in [0.25, 0.3) is 0 Å². The standard InChI is InChI=1S/C7H9NO3/c8-5-7(2-1-3-7)11-6(10)4-9/h9H,1-4H2. The fourth-order valence-electron chi connectivity index (χ4n) is 0.985.